The Morgan fingerprint density at radius 2 is 1.86 bits per heavy atom. The normalized spacial score (nSPS) is 13.6. The van der Waals surface area contributed by atoms with Gasteiger partial charge in [0.15, 0.2) is 5.82 Å². The summed E-state index contributed by atoms with van der Waals surface area (Å²) in [6, 6.07) is 15.7. The summed E-state index contributed by atoms with van der Waals surface area (Å²) in [7, 11) is 0. The highest BCUT2D eigenvalue weighted by molar-refractivity contribution is 6.42. The van der Waals surface area contributed by atoms with Crippen molar-refractivity contribution in [2.75, 3.05) is 0 Å². The van der Waals surface area contributed by atoms with Crippen molar-refractivity contribution in [1.82, 2.24) is 14.2 Å². The molecule has 0 N–H and O–H groups in total. The Labute approximate surface area is 173 Å². The molecular formula is C22H19Cl2N3O. The van der Waals surface area contributed by atoms with Gasteiger partial charge in [0.2, 0.25) is 0 Å². The summed E-state index contributed by atoms with van der Waals surface area (Å²) in [6.07, 6.45) is 5.39. The highest BCUT2D eigenvalue weighted by Crippen LogP contribution is 2.35. The largest absolute Gasteiger partial charge is 0.486 e. The fraction of sp³-hybridized carbons (Fsp3) is 0.227. The van der Waals surface area contributed by atoms with Gasteiger partial charge in [-0.1, -0.05) is 47.5 Å². The molecule has 0 saturated heterocycles. The predicted molar refractivity (Wildman–Crippen MR) is 112 cm³/mol. The second kappa shape index (κ2) is 7.19. The van der Waals surface area contributed by atoms with Crippen molar-refractivity contribution in [1.29, 1.82) is 0 Å². The molecule has 1 aliphatic heterocycles. The molecule has 4 nitrogen and oxygen atoms in total. The molecule has 0 atom stereocenters. The lowest BCUT2D eigenvalue weighted by atomic mass is 10.0. The first-order chi connectivity index (χ1) is 13.7. The molecular weight excluding hydrogens is 393 g/mol. The molecule has 0 spiro atoms. The molecule has 0 radical (unpaired) electrons. The molecule has 0 amide bonds. The van der Waals surface area contributed by atoms with E-state index in [9.17, 15) is 0 Å². The second-order valence-corrected chi connectivity index (χ2v) is 7.86. The monoisotopic (exact) mass is 411 g/mol. The Balaban J connectivity index is 1.56. The molecule has 28 heavy (non-hydrogen) atoms. The third kappa shape index (κ3) is 3.07. The zero-order valence-electron chi connectivity index (χ0n) is 15.2. The summed E-state index contributed by atoms with van der Waals surface area (Å²) < 4.78 is 10.2. The van der Waals surface area contributed by atoms with Crippen LogP contribution < -0.4 is 4.74 Å². The van der Waals surface area contributed by atoms with Gasteiger partial charge in [-0.15, -0.1) is 5.10 Å². The average Bonchev–Trinajstić information content (AvgIpc) is 3.13. The molecule has 2 aromatic carbocycles. The number of halogens is 2. The topological polar surface area (TPSA) is 31.5 Å². The van der Waals surface area contributed by atoms with Crippen LogP contribution >= 0.6 is 23.2 Å². The van der Waals surface area contributed by atoms with E-state index < -0.39 is 0 Å². The van der Waals surface area contributed by atoms with Crippen LogP contribution in [0, 0.1) is 0 Å². The highest BCUT2D eigenvalue weighted by Gasteiger charge is 2.22. The van der Waals surface area contributed by atoms with E-state index in [1.165, 1.54) is 11.1 Å². The van der Waals surface area contributed by atoms with Crippen molar-refractivity contribution >= 4 is 28.8 Å². The fourth-order valence-corrected chi connectivity index (χ4v) is 4.22. The van der Waals surface area contributed by atoms with Crippen molar-refractivity contribution < 1.29 is 4.74 Å². The first kappa shape index (κ1) is 17.7. The number of aromatic nitrogens is 3. The van der Waals surface area contributed by atoms with Gasteiger partial charge >= 0.3 is 0 Å². The molecule has 0 unspecified atom stereocenters. The van der Waals surface area contributed by atoms with E-state index in [2.05, 4.69) is 10.8 Å². The van der Waals surface area contributed by atoms with Crippen LogP contribution in [0.25, 0.3) is 16.8 Å². The lowest BCUT2D eigenvalue weighted by molar-refractivity contribution is 0.288. The molecule has 2 aromatic heterocycles. The molecule has 1 aliphatic rings. The van der Waals surface area contributed by atoms with Gasteiger partial charge in [0.25, 0.3) is 0 Å². The van der Waals surface area contributed by atoms with Crippen LogP contribution in [-0.4, -0.2) is 14.2 Å². The molecule has 3 heterocycles. The number of ether oxygens (including phenoxy) is 1. The summed E-state index contributed by atoms with van der Waals surface area (Å²) in [5, 5.41) is 5.97. The first-order valence-electron chi connectivity index (χ1n) is 9.43. The van der Waals surface area contributed by atoms with Crippen LogP contribution in [0.2, 0.25) is 10.0 Å². The minimum absolute atomic E-state index is 0.452. The smallest absolute Gasteiger partial charge is 0.169 e. The van der Waals surface area contributed by atoms with Gasteiger partial charge in [-0.25, -0.2) is 4.52 Å². The number of rotatable bonds is 4. The van der Waals surface area contributed by atoms with Gasteiger partial charge in [0.1, 0.15) is 18.0 Å². The number of para-hydroxylation sites is 1. The predicted octanol–water partition coefficient (Wildman–Crippen LogP) is 6.02. The molecule has 0 aliphatic carbocycles. The molecule has 0 fully saturated rings. The summed E-state index contributed by atoms with van der Waals surface area (Å²) in [6.45, 7) is 1.40. The van der Waals surface area contributed by atoms with E-state index >= 15 is 0 Å². The van der Waals surface area contributed by atoms with Crippen LogP contribution in [0.3, 0.4) is 0 Å². The summed E-state index contributed by atoms with van der Waals surface area (Å²) in [4.78, 5) is 0. The van der Waals surface area contributed by atoms with Gasteiger partial charge in [0, 0.05) is 23.9 Å². The molecule has 0 bridgehead atoms. The van der Waals surface area contributed by atoms with Crippen LogP contribution in [0.4, 0.5) is 0 Å². The molecule has 5 rings (SSSR count). The number of aryl methyl sites for hydroxylation is 2. The van der Waals surface area contributed by atoms with E-state index in [4.69, 9.17) is 33.0 Å². The lowest BCUT2D eigenvalue weighted by Crippen LogP contribution is -2.07. The third-order valence-electron chi connectivity index (χ3n) is 5.25. The van der Waals surface area contributed by atoms with E-state index in [0.29, 0.717) is 16.7 Å². The second-order valence-electron chi connectivity index (χ2n) is 7.05. The Kier molecular flexibility index (Phi) is 4.53. The van der Waals surface area contributed by atoms with Crippen molar-refractivity contribution in [3.63, 3.8) is 0 Å². The van der Waals surface area contributed by atoms with Crippen molar-refractivity contribution in [2.24, 2.45) is 0 Å². The van der Waals surface area contributed by atoms with Crippen molar-refractivity contribution in [3.8, 4) is 16.9 Å². The zero-order chi connectivity index (χ0) is 19.1. The van der Waals surface area contributed by atoms with Gasteiger partial charge < -0.3 is 9.30 Å². The maximum absolute atomic E-state index is 6.26. The molecule has 4 aromatic rings. The van der Waals surface area contributed by atoms with Gasteiger partial charge in [0.05, 0.1) is 10.0 Å². The van der Waals surface area contributed by atoms with E-state index in [-0.39, 0.29) is 0 Å². The van der Waals surface area contributed by atoms with Crippen LogP contribution in [0.15, 0.2) is 54.7 Å². The SMILES string of the molecule is Clc1ccc(-c2cn3nc(COc4ccccc4)n4c3c2CCCC4)cc1Cl. The summed E-state index contributed by atoms with van der Waals surface area (Å²) >= 11 is 12.4. The number of hydrogen-bond donors (Lipinski definition) is 0. The maximum Gasteiger partial charge on any atom is 0.169 e. The van der Waals surface area contributed by atoms with Gasteiger partial charge in [-0.05, 0) is 49.1 Å². The Morgan fingerprint density at radius 3 is 2.68 bits per heavy atom. The van der Waals surface area contributed by atoms with Crippen molar-refractivity contribution in [2.45, 2.75) is 32.4 Å². The number of hydrogen-bond acceptors (Lipinski definition) is 2. The number of nitrogens with zero attached hydrogens (tertiary/aromatic N) is 3. The molecule has 6 heteroatoms. The van der Waals surface area contributed by atoms with Gasteiger partial charge in [-0.2, -0.15) is 0 Å². The van der Waals surface area contributed by atoms with Crippen LogP contribution in [0.5, 0.6) is 5.75 Å². The number of benzene rings is 2. The Hall–Kier alpha value is -2.43. The maximum atomic E-state index is 6.26. The first-order valence-corrected chi connectivity index (χ1v) is 10.2. The van der Waals surface area contributed by atoms with Gasteiger partial charge in [-0.3, -0.25) is 0 Å². The lowest BCUT2D eigenvalue weighted by Gasteiger charge is -2.08. The Bertz CT molecular complexity index is 1150. The zero-order valence-corrected chi connectivity index (χ0v) is 16.7. The van der Waals surface area contributed by atoms with E-state index in [1.54, 1.807) is 0 Å². The summed E-state index contributed by atoms with van der Waals surface area (Å²) in [5.74, 6) is 1.80. The summed E-state index contributed by atoms with van der Waals surface area (Å²) in [5.41, 5.74) is 4.72. The fourth-order valence-electron chi connectivity index (χ4n) is 3.92. The van der Waals surface area contributed by atoms with Crippen LogP contribution in [0.1, 0.15) is 24.2 Å². The molecule has 0 saturated carbocycles. The minimum Gasteiger partial charge on any atom is -0.486 e. The minimum atomic E-state index is 0.452. The highest BCUT2D eigenvalue weighted by atomic mass is 35.5. The van der Waals surface area contributed by atoms with Crippen LogP contribution in [-0.2, 0) is 19.6 Å². The van der Waals surface area contributed by atoms with E-state index in [1.807, 2.05) is 53.0 Å². The Morgan fingerprint density at radius 1 is 1.00 bits per heavy atom. The van der Waals surface area contributed by atoms with E-state index in [0.717, 1.165) is 48.6 Å². The molecule has 142 valence electrons. The quantitative estimate of drug-likeness (QED) is 0.410. The average molecular weight is 412 g/mol. The standard InChI is InChI=1S/C22H19Cl2N3O/c23-19-10-9-15(12-20(19)24)18-13-27-22-17(18)8-4-5-11-26(22)21(25-27)14-28-16-6-2-1-3-7-16/h1-3,6-7,9-10,12-13H,4-5,8,11,14H2. The third-order valence-corrected chi connectivity index (χ3v) is 5.99. The van der Waals surface area contributed by atoms with Crippen molar-refractivity contribution in [3.05, 3.63) is 76.2 Å².